The fourth-order valence-corrected chi connectivity index (χ4v) is 5.04. The van der Waals surface area contributed by atoms with E-state index in [2.05, 4.69) is 0 Å². The summed E-state index contributed by atoms with van der Waals surface area (Å²) in [7, 11) is 0. The van der Waals surface area contributed by atoms with Crippen molar-refractivity contribution in [2.75, 3.05) is 6.61 Å². The molecule has 0 spiro atoms. The molecule has 1 saturated carbocycles. The van der Waals surface area contributed by atoms with Crippen LogP contribution in [0.3, 0.4) is 0 Å². The van der Waals surface area contributed by atoms with Gasteiger partial charge in [-0.05, 0) is 87.0 Å². The Morgan fingerprint density at radius 2 is 1.59 bits per heavy atom. The van der Waals surface area contributed by atoms with E-state index in [4.69, 9.17) is 4.74 Å². The minimum absolute atomic E-state index is 0.0492. The second-order valence-electron chi connectivity index (χ2n) is 9.52. The lowest BCUT2D eigenvalue weighted by Crippen LogP contribution is -2.15. The molecule has 1 nitrogen and oxygen atoms in total. The molecule has 0 saturated heterocycles. The molecule has 0 N–H and O–H groups in total. The summed E-state index contributed by atoms with van der Waals surface area (Å²) in [5.41, 5.74) is 4.18. The van der Waals surface area contributed by atoms with Crippen molar-refractivity contribution in [3.05, 3.63) is 94.3 Å². The lowest BCUT2D eigenvalue weighted by atomic mass is 9.76. The second kappa shape index (κ2) is 11.2. The molecule has 4 heteroatoms. The van der Waals surface area contributed by atoms with Crippen molar-refractivity contribution in [3.8, 4) is 11.1 Å². The average molecular weight is 467 g/mol. The normalized spacial score (nSPS) is 18.3. The molecule has 180 valence electrons. The van der Waals surface area contributed by atoms with Gasteiger partial charge >= 0.3 is 0 Å². The van der Waals surface area contributed by atoms with Gasteiger partial charge in [-0.1, -0.05) is 54.1 Å². The molecular formula is C30H33F3O. The van der Waals surface area contributed by atoms with E-state index in [0.717, 1.165) is 49.7 Å². The quantitative estimate of drug-likeness (QED) is 0.323. The van der Waals surface area contributed by atoms with E-state index in [1.54, 1.807) is 18.2 Å². The lowest BCUT2D eigenvalue weighted by molar-refractivity contribution is 0.131. The van der Waals surface area contributed by atoms with Gasteiger partial charge in [0.25, 0.3) is 0 Å². The van der Waals surface area contributed by atoms with Crippen LogP contribution in [0.5, 0.6) is 0 Å². The summed E-state index contributed by atoms with van der Waals surface area (Å²) in [6, 6.07) is 16.4. The molecule has 3 aromatic carbocycles. The Hall–Kier alpha value is -2.59. The highest BCUT2D eigenvalue weighted by atomic mass is 19.2. The lowest BCUT2D eigenvalue weighted by Gasteiger charge is -2.29. The first kappa shape index (κ1) is 24.5. The minimum Gasteiger partial charge on any atom is -0.377 e. The first-order valence-corrected chi connectivity index (χ1v) is 12.4. The van der Waals surface area contributed by atoms with Gasteiger partial charge in [-0.25, -0.2) is 13.2 Å². The number of hydrogen-bond donors (Lipinski definition) is 0. The first-order chi connectivity index (χ1) is 16.5. The fourth-order valence-electron chi connectivity index (χ4n) is 5.04. The maximum atomic E-state index is 15.0. The van der Waals surface area contributed by atoms with Gasteiger partial charge in [-0.3, -0.25) is 0 Å². The van der Waals surface area contributed by atoms with Crippen molar-refractivity contribution >= 4 is 0 Å². The van der Waals surface area contributed by atoms with Crippen molar-refractivity contribution in [2.45, 2.75) is 64.9 Å². The highest BCUT2D eigenvalue weighted by molar-refractivity contribution is 5.65. The van der Waals surface area contributed by atoms with Gasteiger partial charge in [0.05, 0.1) is 6.61 Å². The van der Waals surface area contributed by atoms with Gasteiger partial charge in [-0.2, -0.15) is 0 Å². The van der Waals surface area contributed by atoms with Crippen LogP contribution >= 0.6 is 0 Å². The average Bonchev–Trinajstić information content (AvgIpc) is 2.85. The third-order valence-corrected chi connectivity index (χ3v) is 7.18. The molecule has 0 atom stereocenters. The summed E-state index contributed by atoms with van der Waals surface area (Å²) in [5, 5.41) is 0. The van der Waals surface area contributed by atoms with E-state index in [9.17, 15) is 8.78 Å². The Morgan fingerprint density at radius 3 is 2.26 bits per heavy atom. The van der Waals surface area contributed by atoms with Crippen LogP contribution in [0.4, 0.5) is 13.2 Å². The highest BCUT2D eigenvalue weighted by Gasteiger charge is 2.26. The molecule has 1 aliphatic carbocycles. The molecule has 0 bridgehead atoms. The molecule has 4 rings (SSSR count). The summed E-state index contributed by atoms with van der Waals surface area (Å²) in [4.78, 5) is 0. The smallest absolute Gasteiger partial charge is 0.166 e. The molecule has 1 aliphatic rings. The predicted molar refractivity (Wildman–Crippen MR) is 131 cm³/mol. The zero-order chi connectivity index (χ0) is 24.1. The summed E-state index contributed by atoms with van der Waals surface area (Å²) in [5.74, 6) is -1.08. The predicted octanol–water partition coefficient (Wildman–Crippen LogP) is 8.52. The second-order valence-corrected chi connectivity index (χ2v) is 9.52. The number of rotatable bonds is 8. The maximum absolute atomic E-state index is 15.0. The Morgan fingerprint density at radius 1 is 0.853 bits per heavy atom. The summed E-state index contributed by atoms with van der Waals surface area (Å²) >= 11 is 0. The number of benzene rings is 3. The van der Waals surface area contributed by atoms with Gasteiger partial charge in [0.1, 0.15) is 5.82 Å². The standard InChI is InChI=1S/C30H33F3O/c1-3-34-19-25-15-10-22(18-28(25)31)7-6-21-8-13-24(14-9-21)27-17-16-26(29(32)30(27)33)23-11-4-20(2)5-12-23/h4-5,10-12,15-18,21,24H,3,6-9,13-14,19H2,1-2H3. The Kier molecular flexibility index (Phi) is 8.10. The van der Waals surface area contributed by atoms with Gasteiger partial charge in [0.2, 0.25) is 0 Å². The number of aryl methyl sites for hydroxylation is 2. The topological polar surface area (TPSA) is 9.23 Å². The molecule has 3 aromatic rings. The van der Waals surface area contributed by atoms with Crippen LogP contribution in [0.25, 0.3) is 11.1 Å². The van der Waals surface area contributed by atoms with E-state index >= 15 is 4.39 Å². The number of hydrogen-bond acceptors (Lipinski definition) is 1. The Labute approximate surface area is 201 Å². The van der Waals surface area contributed by atoms with Crippen LogP contribution in [-0.2, 0) is 17.8 Å². The zero-order valence-electron chi connectivity index (χ0n) is 20.0. The van der Waals surface area contributed by atoms with Crippen LogP contribution in [-0.4, -0.2) is 6.61 Å². The summed E-state index contributed by atoms with van der Waals surface area (Å²) in [6.07, 6.45) is 5.49. The van der Waals surface area contributed by atoms with Gasteiger partial charge in [-0.15, -0.1) is 0 Å². The molecule has 0 unspecified atom stereocenters. The SMILES string of the molecule is CCOCc1ccc(CCC2CCC(c3ccc(-c4ccc(C)cc4)c(F)c3F)CC2)cc1F. The molecule has 0 amide bonds. The maximum Gasteiger partial charge on any atom is 0.166 e. The summed E-state index contributed by atoms with van der Waals surface area (Å²) < 4.78 is 49.5. The van der Waals surface area contributed by atoms with E-state index in [1.165, 1.54) is 0 Å². The van der Waals surface area contributed by atoms with Crippen molar-refractivity contribution < 1.29 is 17.9 Å². The molecule has 34 heavy (non-hydrogen) atoms. The molecular weight excluding hydrogens is 433 g/mol. The van der Waals surface area contributed by atoms with E-state index in [0.29, 0.717) is 41.4 Å². The number of ether oxygens (including phenoxy) is 1. The Bertz CT molecular complexity index is 1100. The molecule has 1 fully saturated rings. The fraction of sp³-hybridized carbons (Fsp3) is 0.400. The van der Waals surface area contributed by atoms with Crippen LogP contribution in [0.15, 0.2) is 54.6 Å². The Balaban J connectivity index is 1.33. The zero-order valence-corrected chi connectivity index (χ0v) is 20.0. The highest BCUT2D eigenvalue weighted by Crippen LogP contribution is 2.40. The first-order valence-electron chi connectivity index (χ1n) is 12.4. The van der Waals surface area contributed by atoms with Crippen molar-refractivity contribution in [2.24, 2.45) is 5.92 Å². The van der Waals surface area contributed by atoms with E-state index in [1.807, 2.05) is 50.2 Å². The largest absolute Gasteiger partial charge is 0.377 e. The van der Waals surface area contributed by atoms with E-state index < -0.39 is 11.6 Å². The van der Waals surface area contributed by atoms with E-state index in [-0.39, 0.29) is 11.7 Å². The van der Waals surface area contributed by atoms with Gasteiger partial charge in [0.15, 0.2) is 11.6 Å². The van der Waals surface area contributed by atoms with Gasteiger partial charge < -0.3 is 4.74 Å². The molecule has 0 heterocycles. The molecule has 0 aliphatic heterocycles. The van der Waals surface area contributed by atoms with Crippen molar-refractivity contribution in [3.63, 3.8) is 0 Å². The van der Waals surface area contributed by atoms with Crippen LogP contribution in [0.2, 0.25) is 0 Å². The van der Waals surface area contributed by atoms with Crippen LogP contribution in [0, 0.1) is 30.3 Å². The van der Waals surface area contributed by atoms with Crippen molar-refractivity contribution in [1.82, 2.24) is 0 Å². The van der Waals surface area contributed by atoms with Crippen molar-refractivity contribution in [1.29, 1.82) is 0 Å². The van der Waals surface area contributed by atoms with Gasteiger partial charge in [0, 0.05) is 17.7 Å². The summed E-state index contributed by atoms with van der Waals surface area (Å²) in [6.45, 7) is 4.73. The number of halogens is 3. The third-order valence-electron chi connectivity index (χ3n) is 7.18. The third kappa shape index (κ3) is 5.72. The van der Waals surface area contributed by atoms with Crippen LogP contribution in [0.1, 0.15) is 67.2 Å². The molecule has 0 aromatic heterocycles. The monoisotopic (exact) mass is 466 g/mol. The van der Waals surface area contributed by atoms with Crippen LogP contribution < -0.4 is 0 Å². The molecule has 0 radical (unpaired) electrons. The minimum atomic E-state index is -0.752.